The van der Waals surface area contributed by atoms with Crippen molar-refractivity contribution < 1.29 is 13.9 Å². The second-order valence-corrected chi connectivity index (χ2v) is 6.90. The van der Waals surface area contributed by atoms with Gasteiger partial charge < -0.3 is 9.15 Å². The molecule has 0 saturated heterocycles. The van der Waals surface area contributed by atoms with Crippen molar-refractivity contribution in [3.63, 3.8) is 0 Å². The third kappa shape index (κ3) is 4.70. The molecule has 0 unspecified atom stereocenters. The van der Waals surface area contributed by atoms with Crippen LogP contribution in [0.5, 0.6) is 5.75 Å². The molecule has 3 rings (SSSR count). The van der Waals surface area contributed by atoms with Gasteiger partial charge in [-0.15, -0.1) is 5.10 Å². The van der Waals surface area contributed by atoms with Crippen LogP contribution in [0.4, 0.5) is 6.01 Å². The molecule has 1 aromatic heterocycles. The van der Waals surface area contributed by atoms with Crippen LogP contribution >= 0.6 is 15.9 Å². The number of hydrogen-bond acceptors (Lipinski definition) is 5. The number of amides is 1. The average molecular weight is 416 g/mol. The molecule has 0 bridgehead atoms. The molecule has 0 radical (unpaired) electrons. The fourth-order valence-corrected chi connectivity index (χ4v) is 2.66. The van der Waals surface area contributed by atoms with E-state index in [0.717, 1.165) is 10.0 Å². The lowest BCUT2D eigenvalue weighted by molar-refractivity contribution is -0.118. The largest absolute Gasteiger partial charge is 0.484 e. The molecule has 26 heavy (non-hydrogen) atoms. The molecule has 0 aliphatic carbocycles. The number of anilines is 1. The van der Waals surface area contributed by atoms with E-state index in [1.807, 2.05) is 48.5 Å². The van der Waals surface area contributed by atoms with Crippen LogP contribution < -0.4 is 10.1 Å². The maximum absolute atomic E-state index is 12.0. The van der Waals surface area contributed by atoms with Crippen LogP contribution in [-0.4, -0.2) is 22.7 Å². The fourth-order valence-electron chi connectivity index (χ4n) is 2.27. The van der Waals surface area contributed by atoms with Crippen LogP contribution in [-0.2, 0) is 4.79 Å². The minimum absolute atomic E-state index is 0.0312. The Balaban J connectivity index is 1.55. The SMILES string of the molecule is CC(C)c1ccc(OCC(=O)Nc2nnc(-c3cccc(Br)c3)o2)cc1. The zero-order valence-electron chi connectivity index (χ0n) is 14.4. The fraction of sp³-hybridized carbons (Fsp3) is 0.211. The number of halogens is 1. The standard InChI is InChI=1S/C19H18BrN3O3/c1-12(2)13-6-8-16(9-7-13)25-11-17(24)21-19-23-22-18(26-19)14-4-3-5-15(20)10-14/h3-10,12H,11H2,1-2H3,(H,21,23,24). The Labute approximate surface area is 159 Å². The van der Waals surface area contributed by atoms with Crippen molar-refractivity contribution in [2.45, 2.75) is 19.8 Å². The lowest BCUT2D eigenvalue weighted by atomic mass is 10.0. The van der Waals surface area contributed by atoms with E-state index >= 15 is 0 Å². The minimum atomic E-state index is -0.373. The highest BCUT2D eigenvalue weighted by Gasteiger charge is 2.12. The molecule has 0 saturated carbocycles. The molecule has 3 aromatic rings. The quantitative estimate of drug-likeness (QED) is 0.634. The molecule has 1 heterocycles. The van der Waals surface area contributed by atoms with Crippen molar-refractivity contribution in [1.82, 2.24) is 10.2 Å². The Bertz CT molecular complexity index is 891. The molecule has 0 aliphatic heterocycles. The highest BCUT2D eigenvalue weighted by Crippen LogP contribution is 2.23. The highest BCUT2D eigenvalue weighted by molar-refractivity contribution is 9.10. The van der Waals surface area contributed by atoms with Crippen molar-refractivity contribution in [3.05, 3.63) is 58.6 Å². The van der Waals surface area contributed by atoms with Crippen LogP contribution in [0.3, 0.4) is 0 Å². The summed E-state index contributed by atoms with van der Waals surface area (Å²) in [4.78, 5) is 12.0. The lowest BCUT2D eigenvalue weighted by Gasteiger charge is -2.08. The van der Waals surface area contributed by atoms with E-state index in [9.17, 15) is 4.79 Å². The number of nitrogens with one attached hydrogen (secondary N) is 1. The molecule has 0 spiro atoms. The Morgan fingerprint density at radius 1 is 1.19 bits per heavy atom. The molecule has 0 aliphatic rings. The number of carbonyl (C=O) groups is 1. The zero-order valence-corrected chi connectivity index (χ0v) is 16.0. The second kappa shape index (κ2) is 8.14. The first kappa shape index (κ1) is 18.1. The maximum atomic E-state index is 12.0. The Kier molecular flexibility index (Phi) is 5.68. The predicted molar refractivity (Wildman–Crippen MR) is 102 cm³/mol. The van der Waals surface area contributed by atoms with Crippen molar-refractivity contribution >= 4 is 27.9 Å². The maximum Gasteiger partial charge on any atom is 0.322 e. The summed E-state index contributed by atoms with van der Waals surface area (Å²) in [6.45, 7) is 4.10. The molecule has 2 aromatic carbocycles. The van der Waals surface area contributed by atoms with Gasteiger partial charge in [-0.2, -0.15) is 0 Å². The Hall–Kier alpha value is -2.67. The smallest absolute Gasteiger partial charge is 0.322 e. The summed E-state index contributed by atoms with van der Waals surface area (Å²) in [6, 6.07) is 15.1. The van der Waals surface area contributed by atoms with Crippen LogP contribution in [0, 0.1) is 0 Å². The Morgan fingerprint density at radius 3 is 2.65 bits per heavy atom. The topological polar surface area (TPSA) is 77.2 Å². The number of aromatic nitrogens is 2. The number of hydrogen-bond donors (Lipinski definition) is 1. The molecule has 0 atom stereocenters. The molecule has 134 valence electrons. The zero-order chi connectivity index (χ0) is 18.5. The molecule has 1 amide bonds. The van der Waals surface area contributed by atoms with Crippen molar-refractivity contribution in [3.8, 4) is 17.2 Å². The van der Waals surface area contributed by atoms with Gasteiger partial charge in [0.15, 0.2) is 6.61 Å². The average Bonchev–Trinajstić information content (AvgIpc) is 3.09. The predicted octanol–water partition coefficient (Wildman–Crippen LogP) is 4.64. The van der Waals surface area contributed by atoms with Gasteiger partial charge in [-0.1, -0.05) is 53.1 Å². The lowest BCUT2D eigenvalue weighted by Crippen LogP contribution is -2.20. The third-order valence-corrected chi connectivity index (χ3v) is 4.15. The molecule has 1 N–H and O–H groups in total. The van der Waals surface area contributed by atoms with Gasteiger partial charge in [-0.25, -0.2) is 0 Å². The van der Waals surface area contributed by atoms with E-state index in [2.05, 4.69) is 45.3 Å². The van der Waals surface area contributed by atoms with E-state index < -0.39 is 0 Å². The molecule has 6 nitrogen and oxygen atoms in total. The summed E-state index contributed by atoms with van der Waals surface area (Å²) in [5.74, 6) is 1.03. The van der Waals surface area contributed by atoms with Crippen molar-refractivity contribution in [1.29, 1.82) is 0 Å². The van der Waals surface area contributed by atoms with Gasteiger partial charge in [0, 0.05) is 10.0 Å². The van der Waals surface area contributed by atoms with Gasteiger partial charge in [0.1, 0.15) is 5.75 Å². The summed E-state index contributed by atoms with van der Waals surface area (Å²) < 4.78 is 11.8. The van der Waals surface area contributed by atoms with E-state index in [1.165, 1.54) is 5.56 Å². The van der Waals surface area contributed by atoms with Crippen LogP contribution in [0.15, 0.2) is 57.4 Å². The minimum Gasteiger partial charge on any atom is -0.484 e. The van der Waals surface area contributed by atoms with Crippen LogP contribution in [0.2, 0.25) is 0 Å². The number of ether oxygens (including phenoxy) is 1. The number of carbonyl (C=O) groups excluding carboxylic acids is 1. The molecule has 7 heteroatoms. The normalized spacial score (nSPS) is 10.8. The molecule has 0 fully saturated rings. The molecular formula is C19H18BrN3O3. The summed E-state index contributed by atoms with van der Waals surface area (Å²) in [6.07, 6.45) is 0. The monoisotopic (exact) mass is 415 g/mol. The Morgan fingerprint density at radius 2 is 1.96 bits per heavy atom. The van der Waals surface area contributed by atoms with E-state index in [-0.39, 0.29) is 18.5 Å². The van der Waals surface area contributed by atoms with Gasteiger partial charge in [0.05, 0.1) is 0 Å². The summed E-state index contributed by atoms with van der Waals surface area (Å²) in [7, 11) is 0. The van der Waals surface area contributed by atoms with Crippen LogP contribution in [0.1, 0.15) is 25.3 Å². The first-order chi connectivity index (χ1) is 12.5. The number of benzene rings is 2. The third-order valence-electron chi connectivity index (χ3n) is 3.66. The number of nitrogens with zero attached hydrogens (tertiary/aromatic N) is 2. The molecular weight excluding hydrogens is 398 g/mol. The van der Waals surface area contributed by atoms with Crippen LogP contribution in [0.25, 0.3) is 11.5 Å². The van der Waals surface area contributed by atoms with Gasteiger partial charge >= 0.3 is 6.01 Å². The second-order valence-electron chi connectivity index (χ2n) is 5.98. The van der Waals surface area contributed by atoms with Gasteiger partial charge in [0.2, 0.25) is 5.89 Å². The summed E-state index contributed by atoms with van der Waals surface area (Å²) >= 11 is 3.39. The van der Waals surface area contributed by atoms with E-state index in [1.54, 1.807) is 0 Å². The van der Waals surface area contributed by atoms with Gasteiger partial charge in [-0.05, 0) is 41.8 Å². The number of rotatable bonds is 6. The summed E-state index contributed by atoms with van der Waals surface area (Å²) in [5, 5.41) is 10.3. The van der Waals surface area contributed by atoms with E-state index in [4.69, 9.17) is 9.15 Å². The first-order valence-corrected chi connectivity index (χ1v) is 8.92. The van der Waals surface area contributed by atoms with Gasteiger partial charge in [0.25, 0.3) is 5.91 Å². The van der Waals surface area contributed by atoms with E-state index in [0.29, 0.717) is 17.6 Å². The van der Waals surface area contributed by atoms with Crippen molar-refractivity contribution in [2.24, 2.45) is 0 Å². The van der Waals surface area contributed by atoms with Crippen molar-refractivity contribution in [2.75, 3.05) is 11.9 Å². The van der Waals surface area contributed by atoms with Gasteiger partial charge in [-0.3, -0.25) is 10.1 Å². The summed E-state index contributed by atoms with van der Waals surface area (Å²) in [5.41, 5.74) is 1.97. The first-order valence-electron chi connectivity index (χ1n) is 8.13. The highest BCUT2D eigenvalue weighted by atomic mass is 79.9.